The normalized spacial score (nSPS) is 12.7. The number of allylic oxidation sites excluding steroid dienone is 1. The molecular weight excluding hydrogens is 283 g/mol. The van der Waals surface area contributed by atoms with Crippen LogP contribution in [0.2, 0.25) is 0 Å². The van der Waals surface area contributed by atoms with Crippen LogP contribution in [0, 0.1) is 6.42 Å². The maximum Gasteiger partial charge on any atom is 1.00 e. The Labute approximate surface area is 124 Å². The van der Waals surface area contributed by atoms with E-state index in [0.717, 1.165) is 42.1 Å². The van der Waals surface area contributed by atoms with E-state index in [1.165, 1.54) is 0 Å². The summed E-state index contributed by atoms with van der Waals surface area (Å²) in [6.45, 7) is 2.28. The first-order chi connectivity index (χ1) is 6.34. The van der Waals surface area contributed by atoms with Crippen LogP contribution in [0.25, 0.3) is 0 Å². The van der Waals surface area contributed by atoms with Gasteiger partial charge in [-0.1, -0.05) is 19.3 Å². The number of carbonyl (C=O) groups excluding carboxylic acids is 1. The molecule has 1 aliphatic carbocycles. The fraction of sp³-hybridized carbons (Fsp3) is 0.556. The van der Waals surface area contributed by atoms with Gasteiger partial charge < -0.3 is 21.9 Å². The Morgan fingerprint density at radius 1 is 1.67 bits per heavy atom. The molecule has 0 heterocycles. The number of rotatable bonds is 2. The van der Waals surface area contributed by atoms with Gasteiger partial charge in [-0.2, -0.15) is 12.5 Å². The van der Waals surface area contributed by atoms with Crippen molar-refractivity contribution in [2.75, 3.05) is 6.61 Å². The van der Waals surface area contributed by atoms with Crippen LogP contribution in [-0.2, 0) is 26.8 Å². The molecule has 1 aliphatic rings. The zero-order valence-electron chi connectivity index (χ0n) is 9.26. The van der Waals surface area contributed by atoms with Gasteiger partial charge in [0.15, 0.2) is 0 Å². The number of hydrogen-bond acceptors (Lipinski definition) is 2. The van der Waals surface area contributed by atoms with Gasteiger partial charge in [0.05, 0.1) is 6.61 Å². The van der Waals surface area contributed by atoms with Crippen LogP contribution in [-0.4, -0.2) is 12.6 Å². The zero-order chi connectivity index (χ0) is 10.1. The molecule has 0 aromatic heterocycles. The van der Waals surface area contributed by atoms with Crippen molar-refractivity contribution >= 4 is 15.7 Å². The smallest absolute Gasteiger partial charge is 1.00 e. The molecule has 78 valence electrons. The van der Waals surface area contributed by atoms with Crippen molar-refractivity contribution in [3.63, 3.8) is 0 Å². The molecule has 15 heavy (non-hydrogen) atoms. The van der Waals surface area contributed by atoms with Crippen LogP contribution >= 0.6 is 9.69 Å². The first-order valence-electron chi connectivity index (χ1n) is 4.32. The molecule has 0 aromatic carbocycles. The largest absolute Gasteiger partial charge is 1.00 e. The topological polar surface area (TPSA) is 26.3 Å². The molecule has 0 saturated heterocycles. The second-order valence-electron chi connectivity index (χ2n) is 2.51. The van der Waals surface area contributed by atoms with Gasteiger partial charge in [-0.3, -0.25) is 0 Å². The molecule has 6 heteroatoms. The number of carbonyl (C=O) groups is 1. The minimum Gasteiger partial charge on any atom is 1.00 e. The quantitative estimate of drug-likeness (QED) is 0.301. The molecule has 0 radical (unpaired) electrons. The Hall–Kier alpha value is 0.881. The second-order valence-corrected chi connectivity index (χ2v) is 2.51. The monoisotopic (exact) mass is 294 g/mol. The molecule has 1 rings (SSSR count). The fourth-order valence-corrected chi connectivity index (χ4v) is 1.10. The minimum absolute atomic E-state index is 0. The predicted octanol–water partition coefficient (Wildman–Crippen LogP) is -3.44. The Bertz CT molecular complexity index is 189. The van der Waals surface area contributed by atoms with E-state index in [2.05, 4.69) is 0 Å². The summed E-state index contributed by atoms with van der Waals surface area (Å²) in [5.41, 5.74) is 0.748. The maximum absolute atomic E-state index is 11.1. The molecule has 0 atom stereocenters. The number of hydrogen-bond donors (Lipinski definition) is 0. The van der Waals surface area contributed by atoms with E-state index >= 15 is 0 Å². The van der Waals surface area contributed by atoms with Gasteiger partial charge in [-0.05, 0) is 6.92 Å². The van der Waals surface area contributed by atoms with E-state index in [-0.39, 0.29) is 37.2 Å². The molecule has 0 spiro atoms. The summed E-state index contributed by atoms with van der Waals surface area (Å²) in [6.07, 6.45) is 7.06. The molecule has 0 aromatic rings. The molecule has 0 amide bonds. The van der Waals surface area contributed by atoms with Gasteiger partial charge in [0.1, 0.15) is 0 Å². The Kier molecular flexibility index (Phi) is 21.0. The number of halogens is 2. The van der Waals surface area contributed by atoms with E-state index in [1.807, 2.05) is 19.4 Å². The number of esters is 1. The second kappa shape index (κ2) is 14.9. The van der Waals surface area contributed by atoms with Gasteiger partial charge in [0.2, 0.25) is 5.97 Å². The molecule has 0 unspecified atom stereocenters. The van der Waals surface area contributed by atoms with Crippen molar-refractivity contribution in [3.8, 4) is 0 Å². The maximum atomic E-state index is 11.1. The Balaban J connectivity index is -0.000000339. The summed E-state index contributed by atoms with van der Waals surface area (Å²) < 4.78 is 4.84. The van der Waals surface area contributed by atoms with Crippen molar-refractivity contribution in [2.45, 2.75) is 26.2 Å². The molecular formula is C9H13Cl2LiO2Zn. The average molecular weight is 296 g/mol. The van der Waals surface area contributed by atoms with E-state index < -0.39 is 0 Å². The minimum atomic E-state index is -0.174. The fourth-order valence-electron chi connectivity index (χ4n) is 1.10. The zero-order valence-corrected chi connectivity index (χ0v) is 13.7. The molecule has 0 saturated carbocycles. The van der Waals surface area contributed by atoms with Crippen LogP contribution < -0.4 is 31.3 Å². The summed E-state index contributed by atoms with van der Waals surface area (Å²) in [5, 5.41) is 0. The third kappa shape index (κ3) is 9.79. The van der Waals surface area contributed by atoms with Gasteiger partial charge >= 0.3 is 45.9 Å². The average Bonchev–Trinajstić information content (AvgIpc) is 2.23. The van der Waals surface area contributed by atoms with Crippen LogP contribution in [0.4, 0.5) is 0 Å². The van der Waals surface area contributed by atoms with Gasteiger partial charge in [0.25, 0.3) is 0 Å². The summed E-state index contributed by atoms with van der Waals surface area (Å²) in [6, 6.07) is 0. The van der Waals surface area contributed by atoms with E-state index in [0.29, 0.717) is 6.61 Å². The summed E-state index contributed by atoms with van der Waals surface area (Å²) in [5.74, 6) is -0.174. The predicted molar refractivity (Wildman–Crippen MR) is 48.7 cm³/mol. The summed E-state index contributed by atoms with van der Waals surface area (Å²) >= 11 is 0.847. The Morgan fingerprint density at radius 3 is 2.67 bits per heavy atom. The Morgan fingerprint density at radius 2 is 2.27 bits per heavy atom. The summed E-state index contributed by atoms with van der Waals surface area (Å²) in [4.78, 5) is 11.1. The first-order valence-corrected chi connectivity index (χ1v) is 8.21. The third-order valence-electron chi connectivity index (χ3n) is 1.65. The van der Waals surface area contributed by atoms with Crippen molar-refractivity contribution in [2.24, 2.45) is 0 Å². The molecule has 0 bridgehead atoms. The van der Waals surface area contributed by atoms with Crippen LogP contribution in [0.5, 0.6) is 0 Å². The van der Waals surface area contributed by atoms with E-state index in [4.69, 9.17) is 14.4 Å². The van der Waals surface area contributed by atoms with Crippen LogP contribution in [0.15, 0.2) is 11.6 Å². The van der Waals surface area contributed by atoms with Crippen molar-refractivity contribution in [1.29, 1.82) is 0 Å². The van der Waals surface area contributed by atoms with Gasteiger partial charge in [-0.25, -0.2) is 0 Å². The van der Waals surface area contributed by atoms with Crippen molar-refractivity contribution in [3.05, 3.63) is 18.1 Å². The molecule has 0 fully saturated rings. The van der Waals surface area contributed by atoms with Gasteiger partial charge in [0, 0.05) is 0 Å². The van der Waals surface area contributed by atoms with E-state index in [9.17, 15) is 4.79 Å². The van der Waals surface area contributed by atoms with Crippen LogP contribution in [0.1, 0.15) is 26.2 Å². The van der Waals surface area contributed by atoms with Crippen LogP contribution in [0.3, 0.4) is 0 Å². The standard InChI is InChI=1S/C9H13O2.2ClH.Li.Zn/c1-2-11-9(10)8-6-4-3-5-7-8;;;;/h6-7H,2-5H2,1H3;2*1H;;/q-1;;;+1;+2/p-2. The summed E-state index contributed by atoms with van der Waals surface area (Å²) in [7, 11) is 4.76. The van der Waals surface area contributed by atoms with Gasteiger partial charge in [-0.15, -0.1) is 5.57 Å². The first kappa shape index (κ1) is 21.2. The molecule has 0 N–H and O–H groups in total. The van der Waals surface area contributed by atoms with Crippen molar-refractivity contribution < 1.29 is 58.1 Å². The van der Waals surface area contributed by atoms with E-state index in [1.54, 1.807) is 0 Å². The third-order valence-corrected chi connectivity index (χ3v) is 1.65. The number of ether oxygens (including phenoxy) is 1. The van der Waals surface area contributed by atoms with Crippen molar-refractivity contribution in [1.82, 2.24) is 0 Å². The SMILES string of the molecule is CCOC(=O)C1=CCCC[CH-]1.[Cl-].[Cl][Zn+].[Li+]. The molecule has 0 aliphatic heterocycles. The molecule has 2 nitrogen and oxygen atoms in total.